The number of ether oxygens (including phenoxy) is 1. The Morgan fingerprint density at radius 1 is 0.609 bits per heavy atom. The summed E-state index contributed by atoms with van der Waals surface area (Å²) in [6.07, 6.45) is -7.15. The number of fused-ring (bicyclic) bond motifs is 1. The van der Waals surface area contributed by atoms with Gasteiger partial charge in [0, 0.05) is 57.7 Å². The van der Waals surface area contributed by atoms with Gasteiger partial charge in [-0.2, -0.15) is 11.8 Å². The van der Waals surface area contributed by atoms with Gasteiger partial charge in [-0.3, -0.25) is 81.5 Å². The van der Waals surface area contributed by atoms with Crippen LogP contribution >= 0.6 is 11.8 Å². The Hall–Kier alpha value is -11.8. The molecule has 115 heavy (non-hydrogen) atoms. The van der Waals surface area contributed by atoms with Crippen LogP contribution in [-0.4, -0.2) is 221 Å². The number of hydrogen-bond donors (Lipinski definition) is 20. The first-order valence-corrected chi connectivity index (χ1v) is 38.4. The molecule has 0 saturated carbocycles. The Morgan fingerprint density at radius 3 is 1.80 bits per heavy atom. The third-order valence-electron chi connectivity index (χ3n) is 18.4. The largest absolute Gasteiger partial charge is 0.492 e. The molecule has 0 aliphatic carbocycles. The smallest absolute Gasteiger partial charge is 0.303 e. The number of carbonyl (C=O) groups excluding carboxylic acids is 16. The first-order chi connectivity index (χ1) is 54.4. The van der Waals surface area contributed by atoms with Gasteiger partial charge in [0.15, 0.2) is 0 Å². The molecule has 38 nitrogen and oxygen atoms in total. The molecule has 5 rings (SSSR count). The Kier molecular flexibility index (Phi) is 37.8. The van der Waals surface area contributed by atoms with Crippen molar-refractivity contribution in [3.05, 3.63) is 113 Å². The van der Waals surface area contributed by atoms with Crippen molar-refractivity contribution >= 4 is 123 Å². The van der Waals surface area contributed by atoms with E-state index < -0.39 is 236 Å². The number of rotatable bonds is 39. The highest BCUT2D eigenvalue weighted by Crippen LogP contribution is 2.23. The van der Waals surface area contributed by atoms with E-state index in [2.05, 4.69) is 63.8 Å². The Balaban J connectivity index is 1.67. The van der Waals surface area contributed by atoms with Crippen LogP contribution in [0.1, 0.15) is 119 Å². The van der Waals surface area contributed by atoms with Gasteiger partial charge in [0.05, 0.1) is 19.1 Å². The zero-order valence-electron chi connectivity index (χ0n) is 64.7. The fourth-order valence-corrected chi connectivity index (χ4v) is 13.2. The quantitative estimate of drug-likeness (QED) is 0.0186. The minimum atomic E-state index is -2.09. The van der Waals surface area contributed by atoms with Gasteiger partial charge in [-0.15, -0.1) is 0 Å². The SMILES string of the molecule is CC(=O)N[C@H]1CCSC[C@@H](C(=O)N[C@@H](Cc2ccc(OCCN)cc2)C(=O)N[C@@H](Cc2ccc3ccccc3c2)C(=O)N[C@@](C)(CCCCN)C(=O)N[C@@H](CCC(=O)O)C(=O)N[C@@H](CC(N)=O)C(=O)NCC(N)=O)NC(=O)[C@H](CCC(N)=O)NC(=O)[C@H](Cc2ccc(C)cc2C)NC(=O)[C@H]([C@@H](C)O)NC(=O)[C@H](CCC(N)=O)NC1=O. The molecule has 4 aromatic carbocycles. The molecule has 1 fully saturated rings. The van der Waals surface area contributed by atoms with Crippen LogP contribution < -0.4 is 103 Å². The van der Waals surface area contributed by atoms with Crippen molar-refractivity contribution in [2.75, 3.05) is 37.7 Å². The molecule has 1 heterocycles. The molecule has 39 heteroatoms. The van der Waals surface area contributed by atoms with Crippen LogP contribution in [0.4, 0.5) is 0 Å². The first-order valence-electron chi connectivity index (χ1n) is 37.3. The van der Waals surface area contributed by atoms with E-state index in [-0.39, 0.29) is 64.0 Å². The summed E-state index contributed by atoms with van der Waals surface area (Å²) in [6.45, 7) is 6.67. The lowest BCUT2D eigenvalue weighted by molar-refractivity contribution is -0.140. The second-order valence-corrected chi connectivity index (χ2v) is 29.3. The maximum absolute atomic E-state index is 15.7. The van der Waals surface area contributed by atoms with E-state index in [1.165, 1.54) is 6.92 Å². The van der Waals surface area contributed by atoms with E-state index in [0.29, 0.717) is 33.4 Å². The summed E-state index contributed by atoms with van der Waals surface area (Å²) in [5.41, 5.74) is 34.0. The molecule has 12 atom stereocenters. The van der Waals surface area contributed by atoms with E-state index in [1.54, 1.807) is 85.8 Å². The van der Waals surface area contributed by atoms with Crippen molar-refractivity contribution < 1.29 is 96.5 Å². The van der Waals surface area contributed by atoms with E-state index in [4.69, 9.17) is 39.1 Å². The summed E-state index contributed by atoms with van der Waals surface area (Å²) < 4.78 is 5.71. The molecule has 1 saturated heterocycles. The molecule has 4 aromatic rings. The molecule has 1 aliphatic heterocycles. The first kappa shape index (κ1) is 93.8. The zero-order valence-corrected chi connectivity index (χ0v) is 65.5. The minimum absolute atomic E-state index is 0.0894. The summed E-state index contributed by atoms with van der Waals surface area (Å²) in [6, 6.07) is 6.47. The molecule has 0 aromatic heterocycles. The van der Waals surface area contributed by atoms with Crippen LogP contribution in [0.3, 0.4) is 0 Å². The predicted molar refractivity (Wildman–Crippen MR) is 420 cm³/mol. The van der Waals surface area contributed by atoms with Gasteiger partial charge in [0.25, 0.3) is 0 Å². The molecule has 0 unspecified atom stereocenters. The number of aliphatic hydroxyl groups is 1. The molecule has 0 spiro atoms. The minimum Gasteiger partial charge on any atom is -0.492 e. The summed E-state index contributed by atoms with van der Waals surface area (Å²) in [4.78, 5) is 235. The molecule has 26 N–H and O–H groups in total. The molecule has 1 aliphatic rings. The summed E-state index contributed by atoms with van der Waals surface area (Å²) in [5.74, 6) is -18.4. The standard InChI is InChI=1S/C76H106N18O20S/c1-40-12-16-47(41(2)32-40)36-56-71(109)86-50(20-23-59(79)97)66(104)91-58(39-115-31-26-53(84-43(4)96)68(106)85-51(21-24-60(80)98)69(107)93-64(42(3)95)74(112)90-56)72(110)87-54(34-44-14-18-49(19-15-44)114-30-29-78)70(108)88-55(35-45-13-17-46-10-6-7-11-48(46)33-45)73(111)94-76(5,27-8-9-28-77)75(113)92-52(22-25-63(101)102)67(105)89-57(37-61(81)99)65(103)83-38-62(82)100/h6-7,10-19,32-33,42,50-58,64,95H,8-9,20-31,34-39,77-78H2,1-5H3,(H2,79,97)(H2,80,98)(H2,81,99)(H2,82,100)(H,83,103)(H,84,96)(H,85,106)(H,86,109)(H,87,110)(H,88,108)(H,89,105)(H,90,112)(H,91,104)(H,92,113)(H,93,107)(H,94,111)(H,101,102)/t42-,50+,51+,52+,53+,54+,55+,56+,57+,58+,64+,76+/m1/s1. The molecule has 626 valence electrons. The Bertz CT molecular complexity index is 4170. The van der Waals surface area contributed by atoms with E-state index in [9.17, 15) is 72.5 Å². The van der Waals surface area contributed by atoms with E-state index in [0.717, 1.165) is 36.6 Å². The number of carboxylic acids is 1. The van der Waals surface area contributed by atoms with Crippen LogP contribution in [0.5, 0.6) is 5.75 Å². The van der Waals surface area contributed by atoms with Crippen LogP contribution in [0, 0.1) is 13.8 Å². The van der Waals surface area contributed by atoms with Crippen molar-refractivity contribution in [2.24, 2.45) is 34.4 Å². The van der Waals surface area contributed by atoms with E-state index in [1.807, 2.05) is 13.0 Å². The van der Waals surface area contributed by atoms with Gasteiger partial charge < -0.3 is 113 Å². The molecule has 0 radical (unpaired) electrons. The number of unbranched alkanes of at least 4 members (excludes halogenated alkanes) is 1. The monoisotopic (exact) mass is 1620 g/mol. The topological polar surface area (TPSA) is 640 Å². The number of nitrogens with one attached hydrogen (secondary N) is 12. The lowest BCUT2D eigenvalue weighted by Gasteiger charge is -2.34. The van der Waals surface area contributed by atoms with Gasteiger partial charge in [0.2, 0.25) is 94.5 Å². The number of primary amides is 4. The number of nitrogens with two attached hydrogens (primary N) is 6. The number of aliphatic carboxylic acids is 1. The van der Waals surface area contributed by atoms with Gasteiger partial charge in [-0.1, -0.05) is 78.4 Å². The number of carboxylic acid groups (broad SMARTS) is 1. The highest BCUT2D eigenvalue weighted by molar-refractivity contribution is 7.99. The van der Waals surface area contributed by atoms with Crippen molar-refractivity contribution in [3.63, 3.8) is 0 Å². The van der Waals surface area contributed by atoms with Crippen molar-refractivity contribution in [1.82, 2.24) is 63.8 Å². The Morgan fingerprint density at radius 2 is 1.20 bits per heavy atom. The normalized spacial score (nSPS) is 18.9. The highest BCUT2D eigenvalue weighted by Gasteiger charge is 2.42. The van der Waals surface area contributed by atoms with Crippen molar-refractivity contribution in [2.45, 2.75) is 197 Å². The summed E-state index contributed by atoms with van der Waals surface area (Å²) in [7, 11) is 0. The summed E-state index contributed by atoms with van der Waals surface area (Å²) >= 11 is 0.917. The zero-order chi connectivity index (χ0) is 85.2. The third-order valence-corrected chi connectivity index (χ3v) is 19.5. The molecular formula is C76H106N18O20S. The van der Waals surface area contributed by atoms with Gasteiger partial charge >= 0.3 is 5.97 Å². The summed E-state index contributed by atoms with van der Waals surface area (Å²) in [5, 5.41) is 52.5. The van der Waals surface area contributed by atoms with Crippen molar-refractivity contribution in [3.8, 4) is 5.75 Å². The number of aliphatic hydroxyl groups excluding tert-OH is 1. The second-order valence-electron chi connectivity index (χ2n) is 28.2. The third kappa shape index (κ3) is 31.9. The van der Waals surface area contributed by atoms with Crippen LogP contribution in [0.25, 0.3) is 10.8 Å². The maximum atomic E-state index is 15.7. The number of hydrogen-bond acceptors (Lipinski definition) is 22. The number of thioether (sulfide) groups is 1. The van der Waals surface area contributed by atoms with Crippen molar-refractivity contribution in [1.29, 1.82) is 0 Å². The lowest BCUT2D eigenvalue weighted by Crippen LogP contribution is -2.64. The fourth-order valence-electron chi connectivity index (χ4n) is 12.2. The predicted octanol–water partition coefficient (Wildman–Crippen LogP) is -4.92. The average Bonchev–Trinajstić information content (AvgIpc) is 0.814. The highest BCUT2D eigenvalue weighted by atomic mass is 32.2. The number of benzene rings is 4. The average molecular weight is 1620 g/mol. The van der Waals surface area contributed by atoms with Gasteiger partial charge in [-0.25, -0.2) is 0 Å². The maximum Gasteiger partial charge on any atom is 0.303 e. The van der Waals surface area contributed by atoms with Crippen LogP contribution in [0.2, 0.25) is 0 Å². The van der Waals surface area contributed by atoms with Gasteiger partial charge in [0.1, 0.15) is 78.3 Å². The second kappa shape index (κ2) is 46.4. The fraction of sp³-hybridized carbons (Fsp3) is 0.487. The van der Waals surface area contributed by atoms with Gasteiger partial charge in [-0.05, 0) is 130 Å². The molecule has 16 amide bonds. The number of carbonyl (C=O) groups is 17. The number of amides is 16. The van der Waals surface area contributed by atoms with Crippen LogP contribution in [-0.2, 0) is 101 Å². The van der Waals surface area contributed by atoms with E-state index >= 15 is 19.2 Å². The number of aryl methyl sites for hydroxylation is 2. The van der Waals surface area contributed by atoms with Crippen LogP contribution in [0.15, 0.2) is 84.9 Å². The molecular weight excluding hydrogens is 1520 g/mol. The Labute approximate surface area is 667 Å². The molecule has 0 bridgehead atoms. The lowest BCUT2D eigenvalue weighted by atomic mass is 9.91.